The van der Waals surface area contributed by atoms with Crippen LogP contribution in [0.5, 0.6) is 0 Å². The van der Waals surface area contributed by atoms with Crippen molar-refractivity contribution >= 4 is 39.1 Å². The Kier molecular flexibility index (Phi) is 3.93. The first kappa shape index (κ1) is 13.0. The standard InChI is InChI=1S/C12H7BrClFN2O/c13-7-1-2-9(10(15)5-7)12(18)17-8-3-4-16-11(14)6-8/h1-6H,(H,16,17,18). The van der Waals surface area contributed by atoms with E-state index in [0.29, 0.717) is 10.2 Å². The maximum atomic E-state index is 13.6. The Morgan fingerprint density at radius 1 is 1.33 bits per heavy atom. The fourth-order valence-electron chi connectivity index (χ4n) is 1.35. The van der Waals surface area contributed by atoms with Crippen LogP contribution in [0.3, 0.4) is 0 Å². The molecule has 1 N–H and O–H groups in total. The molecular formula is C12H7BrClFN2O. The third-order valence-electron chi connectivity index (χ3n) is 2.16. The van der Waals surface area contributed by atoms with Gasteiger partial charge in [0.1, 0.15) is 11.0 Å². The van der Waals surface area contributed by atoms with Crippen molar-refractivity contribution in [2.45, 2.75) is 0 Å². The minimum absolute atomic E-state index is 0.0360. The molecule has 0 fully saturated rings. The number of amides is 1. The fourth-order valence-corrected chi connectivity index (χ4v) is 1.86. The van der Waals surface area contributed by atoms with E-state index in [1.165, 1.54) is 24.4 Å². The number of rotatable bonds is 2. The van der Waals surface area contributed by atoms with Gasteiger partial charge in [0.05, 0.1) is 5.56 Å². The van der Waals surface area contributed by atoms with Gasteiger partial charge in [-0.1, -0.05) is 27.5 Å². The lowest BCUT2D eigenvalue weighted by atomic mass is 10.2. The Bertz CT molecular complexity index is 606. The Labute approximate surface area is 116 Å². The zero-order valence-corrected chi connectivity index (χ0v) is 11.3. The van der Waals surface area contributed by atoms with E-state index in [1.54, 1.807) is 12.1 Å². The summed E-state index contributed by atoms with van der Waals surface area (Å²) in [5.41, 5.74) is 0.424. The number of halogens is 3. The summed E-state index contributed by atoms with van der Waals surface area (Å²) in [6, 6.07) is 7.28. The van der Waals surface area contributed by atoms with Gasteiger partial charge in [-0.25, -0.2) is 9.37 Å². The minimum Gasteiger partial charge on any atom is -0.322 e. The van der Waals surface area contributed by atoms with Gasteiger partial charge in [-0.2, -0.15) is 0 Å². The number of anilines is 1. The number of nitrogens with one attached hydrogen (secondary N) is 1. The summed E-state index contributed by atoms with van der Waals surface area (Å²) in [7, 11) is 0. The van der Waals surface area contributed by atoms with Gasteiger partial charge in [0.15, 0.2) is 0 Å². The molecule has 0 saturated carbocycles. The molecule has 0 atom stereocenters. The van der Waals surface area contributed by atoms with Crippen molar-refractivity contribution in [1.29, 1.82) is 0 Å². The van der Waals surface area contributed by atoms with E-state index in [1.807, 2.05) is 0 Å². The lowest BCUT2D eigenvalue weighted by Crippen LogP contribution is -2.13. The molecule has 0 saturated heterocycles. The third kappa shape index (κ3) is 3.05. The predicted octanol–water partition coefficient (Wildman–Crippen LogP) is 3.89. The average molecular weight is 330 g/mol. The molecule has 0 aliphatic carbocycles. The highest BCUT2D eigenvalue weighted by Gasteiger charge is 2.12. The Morgan fingerprint density at radius 3 is 2.78 bits per heavy atom. The van der Waals surface area contributed by atoms with E-state index >= 15 is 0 Å². The van der Waals surface area contributed by atoms with Crippen molar-refractivity contribution in [2.75, 3.05) is 5.32 Å². The Hall–Kier alpha value is -1.46. The van der Waals surface area contributed by atoms with Gasteiger partial charge >= 0.3 is 0 Å². The number of pyridine rings is 1. The SMILES string of the molecule is O=C(Nc1ccnc(Cl)c1)c1ccc(Br)cc1F. The fraction of sp³-hybridized carbons (Fsp3) is 0. The highest BCUT2D eigenvalue weighted by atomic mass is 79.9. The van der Waals surface area contributed by atoms with Crippen molar-refractivity contribution < 1.29 is 9.18 Å². The van der Waals surface area contributed by atoms with Crippen molar-refractivity contribution in [2.24, 2.45) is 0 Å². The molecule has 0 bridgehead atoms. The van der Waals surface area contributed by atoms with E-state index in [4.69, 9.17) is 11.6 Å². The first-order chi connectivity index (χ1) is 8.56. The van der Waals surface area contributed by atoms with Crippen molar-refractivity contribution in [3.8, 4) is 0 Å². The molecule has 92 valence electrons. The van der Waals surface area contributed by atoms with Crippen LogP contribution in [0, 0.1) is 5.82 Å². The van der Waals surface area contributed by atoms with Crippen molar-refractivity contribution in [3.05, 3.63) is 57.5 Å². The molecule has 18 heavy (non-hydrogen) atoms. The third-order valence-corrected chi connectivity index (χ3v) is 2.86. The Morgan fingerprint density at radius 2 is 2.11 bits per heavy atom. The Balaban J connectivity index is 2.22. The van der Waals surface area contributed by atoms with Crippen molar-refractivity contribution in [1.82, 2.24) is 4.98 Å². The maximum absolute atomic E-state index is 13.6. The topological polar surface area (TPSA) is 42.0 Å². The molecule has 1 heterocycles. The predicted molar refractivity (Wildman–Crippen MR) is 71.3 cm³/mol. The van der Waals surface area contributed by atoms with E-state index in [2.05, 4.69) is 26.2 Å². The van der Waals surface area contributed by atoms with Crippen LogP contribution >= 0.6 is 27.5 Å². The van der Waals surface area contributed by atoms with Gasteiger partial charge in [0.2, 0.25) is 0 Å². The molecule has 0 radical (unpaired) electrons. The first-order valence-electron chi connectivity index (χ1n) is 4.94. The molecule has 3 nitrogen and oxygen atoms in total. The van der Waals surface area contributed by atoms with Crippen LogP contribution in [-0.4, -0.2) is 10.9 Å². The summed E-state index contributed by atoms with van der Waals surface area (Å²) in [5.74, 6) is -1.13. The largest absolute Gasteiger partial charge is 0.322 e. The average Bonchev–Trinajstić information content (AvgIpc) is 2.28. The number of hydrogen-bond donors (Lipinski definition) is 1. The highest BCUT2D eigenvalue weighted by molar-refractivity contribution is 9.10. The van der Waals surface area contributed by atoms with Crippen molar-refractivity contribution in [3.63, 3.8) is 0 Å². The smallest absolute Gasteiger partial charge is 0.258 e. The van der Waals surface area contributed by atoms with Crippen LogP contribution in [0.15, 0.2) is 41.0 Å². The minimum atomic E-state index is -0.595. The molecule has 0 aliphatic rings. The molecule has 2 aromatic rings. The first-order valence-corrected chi connectivity index (χ1v) is 6.11. The molecule has 2 rings (SSSR count). The second-order valence-corrected chi connectivity index (χ2v) is 4.75. The van der Waals surface area contributed by atoms with Gasteiger partial charge < -0.3 is 5.32 Å². The van der Waals surface area contributed by atoms with E-state index in [9.17, 15) is 9.18 Å². The summed E-state index contributed by atoms with van der Waals surface area (Å²) in [5, 5.41) is 2.79. The second-order valence-electron chi connectivity index (χ2n) is 3.45. The zero-order chi connectivity index (χ0) is 13.1. The lowest BCUT2D eigenvalue weighted by Gasteiger charge is -2.06. The summed E-state index contributed by atoms with van der Waals surface area (Å²) in [6.45, 7) is 0. The number of hydrogen-bond acceptors (Lipinski definition) is 2. The molecule has 1 aromatic carbocycles. The number of benzene rings is 1. The number of carbonyl (C=O) groups is 1. The number of nitrogens with zero attached hydrogens (tertiary/aromatic N) is 1. The zero-order valence-electron chi connectivity index (χ0n) is 8.95. The van der Waals surface area contributed by atoms with E-state index < -0.39 is 11.7 Å². The molecule has 0 spiro atoms. The van der Waals surface area contributed by atoms with Gasteiger partial charge in [-0.15, -0.1) is 0 Å². The lowest BCUT2D eigenvalue weighted by molar-refractivity contribution is 0.102. The highest BCUT2D eigenvalue weighted by Crippen LogP contribution is 2.18. The van der Waals surface area contributed by atoms with Crippen LogP contribution in [0.2, 0.25) is 5.15 Å². The normalized spacial score (nSPS) is 10.2. The van der Waals surface area contributed by atoms with Crippen LogP contribution in [0.4, 0.5) is 10.1 Å². The number of carbonyl (C=O) groups excluding carboxylic acids is 1. The van der Waals surface area contributed by atoms with Crippen LogP contribution in [-0.2, 0) is 0 Å². The molecule has 0 aliphatic heterocycles. The summed E-state index contributed by atoms with van der Waals surface area (Å²) < 4.78 is 14.1. The second kappa shape index (κ2) is 5.46. The van der Waals surface area contributed by atoms with Gasteiger partial charge in [0.25, 0.3) is 5.91 Å². The van der Waals surface area contributed by atoms with Crippen LogP contribution < -0.4 is 5.32 Å². The molecule has 1 amide bonds. The van der Waals surface area contributed by atoms with Crippen LogP contribution in [0.25, 0.3) is 0 Å². The molecule has 6 heteroatoms. The van der Waals surface area contributed by atoms with E-state index in [-0.39, 0.29) is 10.7 Å². The molecular weight excluding hydrogens is 322 g/mol. The summed E-state index contributed by atoms with van der Waals surface area (Å²) >= 11 is 8.81. The molecule has 1 aromatic heterocycles. The quantitative estimate of drug-likeness (QED) is 0.849. The van der Waals surface area contributed by atoms with E-state index in [0.717, 1.165) is 0 Å². The number of aromatic nitrogens is 1. The van der Waals surface area contributed by atoms with Crippen LogP contribution in [0.1, 0.15) is 10.4 Å². The summed E-state index contributed by atoms with van der Waals surface area (Å²) in [4.78, 5) is 15.6. The summed E-state index contributed by atoms with van der Waals surface area (Å²) in [6.07, 6.45) is 1.45. The van der Waals surface area contributed by atoms with Gasteiger partial charge in [0, 0.05) is 16.4 Å². The maximum Gasteiger partial charge on any atom is 0.258 e. The molecule has 0 unspecified atom stereocenters. The van der Waals surface area contributed by atoms with Gasteiger partial charge in [-0.05, 0) is 30.3 Å². The van der Waals surface area contributed by atoms with Gasteiger partial charge in [-0.3, -0.25) is 4.79 Å². The monoisotopic (exact) mass is 328 g/mol.